The molecule has 2 aromatic carbocycles. The third-order valence-corrected chi connectivity index (χ3v) is 7.07. The van der Waals surface area contributed by atoms with Crippen LogP contribution in [0.3, 0.4) is 0 Å². The van der Waals surface area contributed by atoms with Crippen molar-refractivity contribution in [2.75, 3.05) is 18.6 Å². The van der Waals surface area contributed by atoms with Crippen LogP contribution in [0.25, 0.3) is 11.0 Å². The second-order valence-corrected chi connectivity index (χ2v) is 9.25. The summed E-state index contributed by atoms with van der Waals surface area (Å²) in [5, 5.41) is 3.58. The van der Waals surface area contributed by atoms with E-state index in [1.165, 1.54) is 23.8 Å². The molecule has 2 aliphatic heterocycles. The average molecular weight is 433 g/mol. The SMILES string of the molecule is COC(=O)N1c2ccc3c(nc(Cc4ccccc4)n3C3CCN[C@H](C)C3)c2CC[C@H]1C. The van der Waals surface area contributed by atoms with Crippen molar-refractivity contribution in [1.82, 2.24) is 14.9 Å². The molecule has 1 unspecified atom stereocenters. The number of aryl methyl sites for hydroxylation is 1. The highest BCUT2D eigenvalue weighted by Gasteiger charge is 2.32. The fraction of sp³-hybridized carbons (Fsp3) is 0.462. The number of piperidine rings is 1. The number of amides is 1. The molecule has 0 bridgehead atoms. The quantitative estimate of drug-likeness (QED) is 0.643. The number of methoxy groups -OCH3 is 1. The zero-order valence-electron chi connectivity index (χ0n) is 19.2. The van der Waals surface area contributed by atoms with E-state index < -0.39 is 0 Å². The summed E-state index contributed by atoms with van der Waals surface area (Å²) in [5.41, 5.74) is 5.61. The summed E-state index contributed by atoms with van der Waals surface area (Å²) in [6.07, 6.45) is 4.53. The summed E-state index contributed by atoms with van der Waals surface area (Å²) in [6.45, 7) is 5.37. The number of aromatic nitrogens is 2. The van der Waals surface area contributed by atoms with Gasteiger partial charge in [-0.05, 0) is 63.8 Å². The Morgan fingerprint density at radius 2 is 1.97 bits per heavy atom. The van der Waals surface area contributed by atoms with E-state index in [9.17, 15) is 4.79 Å². The van der Waals surface area contributed by atoms with Gasteiger partial charge in [-0.15, -0.1) is 0 Å². The Balaban J connectivity index is 1.66. The number of benzene rings is 2. The van der Waals surface area contributed by atoms with Gasteiger partial charge < -0.3 is 14.6 Å². The number of anilines is 1. The van der Waals surface area contributed by atoms with E-state index in [0.717, 1.165) is 55.7 Å². The second-order valence-electron chi connectivity index (χ2n) is 9.25. The molecule has 1 aromatic heterocycles. The number of carbonyl (C=O) groups is 1. The summed E-state index contributed by atoms with van der Waals surface area (Å²) in [4.78, 5) is 19.6. The van der Waals surface area contributed by atoms with Crippen LogP contribution >= 0.6 is 0 Å². The van der Waals surface area contributed by atoms with Gasteiger partial charge >= 0.3 is 6.09 Å². The van der Waals surface area contributed by atoms with Crippen LogP contribution in [-0.4, -0.2) is 41.4 Å². The number of hydrogen-bond acceptors (Lipinski definition) is 4. The molecule has 1 saturated heterocycles. The van der Waals surface area contributed by atoms with E-state index in [-0.39, 0.29) is 12.1 Å². The number of imidazole rings is 1. The minimum Gasteiger partial charge on any atom is -0.452 e. The average Bonchev–Trinajstić information content (AvgIpc) is 3.17. The molecule has 3 atom stereocenters. The first-order valence-corrected chi connectivity index (χ1v) is 11.7. The van der Waals surface area contributed by atoms with Crippen molar-refractivity contribution in [3.05, 3.63) is 59.4 Å². The largest absolute Gasteiger partial charge is 0.452 e. The highest BCUT2D eigenvalue weighted by atomic mass is 16.5. The number of fused-ring (bicyclic) bond motifs is 3. The molecule has 0 aliphatic carbocycles. The molecule has 6 heteroatoms. The van der Waals surface area contributed by atoms with Gasteiger partial charge in [-0.3, -0.25) is 4.90 Å². The third kappa shape index (κ3) is 3.66. The molecule has 6 nitrogen and oxygen atoms in total. The van der Waals surface area contributed by atoms with Crippen LogP contribution in [0.1, 0.15) is 56.1 Å². The zero-order chi connectivity index (χ0) is 22.2. The van der Waals surface area contributed by atoms with Crippen LogP contribution in [0, 0.1) is 0 Å². The molecular weight excluding hydrogens is 400 g/mol. The highest BCUT2D eigenvalue weighted by Crippen LogP contribution is 2.38. The van der Waals surface area contributed by atoms with E-state index in [0.29, 0.717) is 12.1 Å². The Hall–Kier alpha value is -2.86. The Kier molecular flexibility index (Phi) is 5.64. The summed E-state index contributed by atoms with van der Waals surface area (Å²) in [5.74, 6) is 1.11. The molecule has 1 amide bonds. The summed E-state index contributed by atoms with van der Waals surface area (Å²) < 4.78 is 7.58. The molecular formula is C26H32N4O2. The normalized spacial score (nSPS) is 23.2. The first-order chi connectivity index (χ1) is 15.6. The van der Waals surface area contributed by atoms with Crippen molar-refractivity contribution >= 4 is 22.8 Å². The number of carbonyl (C=O) groups excluding carboxylic acids is 1. The third-order valence-electron chi connectivity index (χ3n) is 7.07. The van der Waals surface area contributed by atoms with Gasteiger partial charge in [-0.25, -0.2) is 9.78 Å². The summed E-state index contributed by atoms with van der Waals surface area (Å²) >= 11 is 0. The lowest BCUT2D eigenvalue weighted by Gasteiger charge is -2.34. The van der Waals surface area contributed by atoms with Crippen LogP contribution < -0.4 is 10.2 Å². The van der Waals surface area contributed by atoms with Crippen molar-refractivity contribution < 1.29 is 9.53 Å². The van der Waals surface area contributed by atoms with Gasteiger partial charge in [-0.2, -0.15) is 0 Å². The fourth-order valence-corrected chi connectivity index (χ4v) is 5.47. The molecule has 1 fully saturated rings. The molecule has 2 aliphatic rings. The van der Waals surface area contributed by atoms with Crippen molar-refractivity contribution in [1.29, 1.82) is 0 Å². The van der Waals surface area contributed by atoms with Gasteiger partial charge in [0, 0.05) is 30.1 Å². The van der Waals surface area contributed by atoms with Crippen LogP contribution in [0.15, 0.2) is 42.5 Å². The van der Waals surface area contributed by atoms with Crippen molar-refractivity contribution in [3.63, 3.8) is 0 Å². The van der Waals surface area contributed by atoms with Crippen LogP contribution in [-0.2, 0) is 17.6 Å². The smallest absolute Gasteiger partial charge is 0.414 e. The van der Waals surface area contributed by atoms with Crippen LogP contribution in [0.5, 0.6) is 0 Å². The fourth-order valence-electron chi connectivity index (χ4n) is 5.47. The van der Waals surface area contributed by atoms with Crippen molar-refractivity contribution in [2.45, 2.75) is 64.1 Å². The Morgan fingerprint density at radius 1 is 1.16 bits per heavy atom. The second kappa shape index (κ2) is 8.58. The van der Waals surface area contributed by atoms with Crippen LogP contribution in [0.4, 0.5) is 10.5 Å². The van der Waals surface area contributed by atoms with Gasteiger partial charge in [0.05, 0.1) is 23.8 Å². The number of nitrogens with zero attached hydrogens (tertiary/aromatic N) is 3. The maximum absolute atomic E-state index is 12.5. The number of hydrogen-bond donors (Lipinski definition) is 1. The molecule has 3 aromatic rings. The highest BCUT2D eigenvalue weighted by molar-refractivity contribution is 5.95. The predicted molar refractivity (Wildman–Crippen MR) is 127 cm³/mol. The lowest BCUT2D eigenvalue weighted by Crippen LogP contribution is -2.42. The standard InChI is InChI=1S/C26H32N4O2/c1-17-15-20(13-14-27-17)30-23-12-11-22-21(10-9-18(2)29(22)26(31)32-3)25(23)28-24(30)16-19-7-5-4-6-8-19/h4-8,11-12,17-18,20,27H,9-10,13-16H2,1-3H3/t17-,18-,20?/m1/s1. The molecule has 1 N–H and O–H groups in total. The lowest BCUT2D eigenvalue weighted by molar-refractivity contribution is 0.175. The van der Waals surface area contributed by atoms with Gasteiger partial charge in [0.2, 0.25) is 0 Å². The van der Waals surface area contributed by atoms with Crippen LogP contribution in [0.2, 0.25) is 0 Å². The summed E-state index contributed by atoms with van der Waals surface area (Å²) in [7, 11) is 1.45. The van der Waals surface area contributed by atoms with E-state index in [1.807, 2.05) is 0 Å². The predicted octanol–water partition coefficient (Wildman–Crippen LogP) is 4.85. The maximum Gasteiger partial charge on any atom is 0.414 e. The van der Waals surface area contributed by atoms with E-state index in [4.69, 9.17) is 9.72 Å². The Labute approximate surface area is 189 Å². The van der Waals surface area contributed by atoms with Gasteiger partial charge in [0.1, 0.15) is 5.82 Å². The number of ether oxygens (including phenoxy) is 1. The van der Waals surface area contributed by atoms with Gasteiger partial charge in [0.15, 0.2) is 0 Å². The molecule has 3 heterocycles. The summed E-state index contributed by atoms with van der Waals surface area (Å²) in [6, 6.07) is 15.9. The lowest BCUT2D eigenvalue weighted by atomic mass is 9.95. The monoisotopic (exact) mass is 432 g/mol. The molecule has 32 heavy (non-hydrogen) atoms. The minimum absolute atomic E-state index is 0.114. The zero-order valence-corrected chi connectivity index (χ0v) is 19.2. The van der Waals surface area contributed by atoms with Gasteiger partial charge in [-0.1, -0.05) is 30.3 Å². The first kappa shape index (κ1) is 21.0. The topological polar surface area (TPSA) is 59.4 Å². The molecule has 0 radical (unpaired) electrons. The van der Waals surface area contributed by atoms with E-state index in [1.54, 1.807) is 4.90 Å². The number of nitrogens with one attached hydrogen (secondary N) is 1. The van der Waals surface area contributed by atoms with Crippen molar-refractivity contribution in [2.24, 2.45) is 0 Å². The first-order valence-electron chi connectivity index (χ1n) is 11.7. The van der Waals surface area contributed by atoms with E-state index >= 15 is 0 Å². The molecule has 168 valence electrons. The van der Waals surface area contributed by atoms with Crippen molar-refractivity contribution in [3.8, 4) is 0 Å². The molecule has 0 spiro atoms. The van der Waals surface area contributed by atoms with E-state index in [2.05, 4.69) is 66.2 Å². The minimum atomic E-state index is -0.297. The molecule has 0 saturated carbocycles. The molecule has 5 rings (SSSR count). The number of rotatable bonds is 3. The Bertz CT molecular complexity index is 1120. The Morgan fingerprint density at radius 3 is 2.72 bits per heavy atom. The van der Waals surface area contributed by atoms with Gasteiger partial charge in [0.25, 0.3) is 0 Å². The maximum atomic E-state index is 12.5.